The van der Waals surface area contributed by atoms with Crippen molar-refractivity contribution in [2.75, 3.05) is 14.2 Å². The van der Waals surface area contributed by atoms with Crippen molar-refractivity contribution in [1.29, 1.82) is 0 Å². The van der Waals surface area contributed by atoms with Gasteiger partial charge in [-0.3, -0.25) is 0 Å². The van der Waals surface area contributed by atoms with Gasteiger partial charge in [0.1, 0.15) is 0 Å². The summed E-state index contributed by atoms with van der Waals surface area (Å²) in [6.45, 7) is 0.630. The van der Waals surface area contributed by atoms with Gasteiger partial charge >= 0.3 is 0 Å². The van der Waals surface area contributed by atoms with Gasteiger partial charge in [-0.15, -0.1) is 0 Å². The molecule has 0 aliphatic heterocycles. The largest absolute Gasteiger partial charge is 0.504 e. The van der Waals surface area contributed by atoms with Gasteiger partial charge in [0.2, 0.25) is 0 Å². The molecule has 0 saturated heterocycles. The normalized spacial score (nSPS) is 10.4. The maximum atomic E-state index is 9.55. The summed E-state index contributed by atoms with van der Waals surface area (Å²) < 4.78 is 9.89. The van der Waals surface area contributed by atoms with Crippen molar-refractivity contribution in [3.8, 4) is 11.5 Å². The Labute approximate surface area is 82.7 Å². The third-order valence-electron chi connectivity index (χ3n) is 1.95. The number of hydrogen-bond acceptors (Lipinski definition) is 4. The molecule has 0 aliphatic rings. The van der Waals surface area contributed by atoms with Gasteiger partial charge in [0.05, 0.1) is 13.2 Å². The third-order valence-corrected chi connectivity index (χ3v) is 1.95. The molecule has 1 aromatic carbocycles. The highest BCUT2D eigenvalue weighted by Crippen LogP contribution is 2.32. The molecular formula is C10H14O4. The van der Waals surface area contributed by atoms with E-state index in [1.807, 2.05) is 0 Å². The Kier molecular flexibility index (Phi) is 3.73. The van der Waals surface area contributed by atoms with Gasteiger partial charge in [0.25, 0.3) is 0 Å². The first-order valence-electron chi connectivity index (χ1n) is 4.21. The molecule has 0 atom stereocenters. The molecule has 0 bridgehead atoms. The molecule has 0 spiro atoms. The second-order valence-electron chi connectivity index (χ2n) is 2.94. The zero-order valence-electron chi connectivity index (χ0n) is 8.28. The molecule has 0 radical (unpaired) electrons. The van der Waals surface area contributed by atoms with Crippen LogP contribution in [0.1, 0.15) is 11.1 Å². The van der Waals surface area contributed by atoms with Crippen molar-refractivity contribution in [2.45, 2.75) is 13.2 Å². The molecule has 4 heteroatoms. The summed E-state index contributed by atoms with van der Waals surface area (Å²) in [5, 5.41) is 18.8. The first-order chi connectivity index (χ1) is 6.70. The summed E-state index contributed by atoms with van der Waals surface area (Å²) in [6.07, 6.45) is 0. The van der Waals surface area contributed by atoms with E-state index in [1.165, 1.54) is 13.2 Å². The van der Waals surface area contributed by atoms with Crippen LogP contribution in [0.25, 0.3) is 0 Å². The topological polar surface area (TPSA) is 58.9 Å². The number of ether oxygens (including phenoxy) is 2. The molecule has 0 saturated carbocycles. The molecule has 1 aromatic rings. The van der Waals surface area contributed by atoms with Crippen LogP contribution >= 0.6 is 0 Å². The van der Waals surface area contributed by atoms with E-state index >= 15 is 0 Å². The SMILES string of the molecule is COCc1ccc(O)c(O)c1COC. The first kappa shape index (κ1) is 10.8. The molecular weight excluding hydrogens is 184 g/mol. The predicted molar refractivity (Wildman–Crippen MR) is 51.2 cm³/mol. The van der Waals surface area contributed by atoms with Gasteiger partial charge in [-0.05, 0) is 11.6 Å². The van der Waals surface area contributed by atoms with Gasteiger partial charge in [-0.25, -0.2) is 0 Å². The van der Waals surface area contributed by atoms with E-state index in [1.54, 1.807) is 13.2 Å². The summed E-state index contributed by atoms with van der Waals surface area (Å²) in [6, 6.07) is 3.13. The van der Waals surface area contributed by atoms with Gasteiger partial charge in [-0.2, -0.15) is 0 Å². The summed E-state index contributed by atoms with van der Waals surface area (Å²) in [7, 11) is 3.10. The fraction of sp³-hybridized carbons (Fsp3) is 0.400. The van der Waals surface area contributed by atoms with Crippen molar-refractivity contribution < 1.29 is 19.7 Å². The van der Waals surface area contributed by atoms with E-state index in [2.05, 4.69) is 0 Å². The monoisotopic (exact) mass is 198 g/mol. The van der Waals surface area contributed by atoms with Crippen LogP contribution in [0.2, 0.25) is 0 Å². The highest BCUT2D eigenvalue weighted by Gasteiger charge is 2.11. The number of phenols is 2. The lowest BCUT2D eigenvalue weighted by Gasteiger charge is -2.11. The Morgan fingerprint density at radius 3 is 2.29 bits per heavy atom. The van der Waals surface area contributed by atoms with Crippen molar-refractivity contribution in [2.24, 2.45) is 0 Å². The lowest BCUT2D eigenvalue weighted by atomic mass is 10.1. The molecule has 0 amide bonds. The summed E-state index contributed by atoms with van der Waals surface area (Å²) in [5.74, 6) is -0.279. The van der Waals surface area contributed by atoms with Crippen LogP contribution in [-0.4, -0.2) is 24.4 Å². The van der Waals surface area contributed by atoms with Crippen LogP contribution in [0.4, 0.5) is 0 Å². The molecule has 0 aliphatic carbocycles. The third kappa shape index (κ3) is 2.16. The van der Waals surface area contributed by atoms with Gasteiger partial charge in [0, 0.05) is 19.8 Å². The van der Waals surface area contributed by atoms with Crippen molar-refractivity contribution in [3.63, 3.8) is 0 Å². The van der Waals surface area contributed by atoms with Crippen LogP contribution in [0.15, 0.2) is 12.1 Å². The van der Waals surface area contributed by atoms with E-state index in [9.17, 15) is 10.2 Å². The molecule has 0 aromatic heterocycles. The quantitative estimate of drug-likeness (QED) is 0.718. The number of rotatable bonds is 4. The van der Waals surface area contributed by atoms with E-state index < -0.39 is 0 Å². The highest BCUT2D eigenvalue weighted by atomic mass is 16.5. The fourth-order valence-corrected chi connectivity index (χ4v) is 1.26. The van der Waals surface area contributed by atoms with Crippen molar-refractivity contribution >= 4 is 0 Å². The molecule has 0 fully saturated rings. The van der Waals surface area contributed by atoms with E-state index in [4.69, 9.17) is 9.47 Å². The van der Waals surface area contributed by atoms with Crippen molar-refractivity contribution in [3.05, 3.63) is 23.3 Å². The van der Waals surface area contributed by atoms with Crippen LogP contribution in [0, 0.1) is 0 Å². The zero-order valence-corrected chi connectivity index (χ0v) is 8.28. The molecule has 4 nitrogen and oxygen atoms in total. The molecule has 1 rings (SSSR count). The summed E-state index contributed by atoms with van der Waals surface area (Å²) in [4.78, 5) is 0. The average Bonchev–Trinajstić information content (AvgIpc) is 2.18. The van der Waals surface area contributed by atoms with Gasteiger partial charge < -0.3 is 19.7 Å². The number of phenolic OH excluding ortho intramolecular Hbond substituents is 2. The Morgan fingerprint density at radius 2 is 1.71 bits per heavy atom. The lowest BCUT2D eigenvalue weighted by molar-refractivity contribution is 0.165. The van der Waals surface area contributed by atoms with Crippen LogP contribution in [-0.2, 0) is 22.7 Å². The standard InChI is InChI=1S/C10H14O4/c1-13-5-7-3-4-9(11)10(12)8(7)6-14-2/h3-4,11-12H,5-6H2,1-2H3. The minimum atomic E-state index is -0.142. The molecule has 2 N–H and O–H groups in total. The van der Waals surface area contributed by atoms with E-state index in [0.29, 0.717) is 12.2 Å². The van der Waals surface area contributed by atoms with E-state index in [0.717, 1.165) is 5.56 Å². The Hall–Kier alpha value is -1.26. The molecule has 0 heterocycles. The van der Waals surface area contributed by atoms with Crippen LogP contribution in [0.3, 0.4) is 0 Å². The Morgan fingerprint density at radius 1 is 1.07 bits per heavy atom. The number of benzene rings is 1. The predicted octanol–water partition coefficient (Wildman–Crippen LogP) is 1.39. The zero-order chi connectivity index (χ0) is 10.6. The first-order valence-corrected chi connectivity index (χ1v) is 4.21. The number of aromatic hydroxyl groups is 2. The number of methoxy groups -OCH3 is 2. The Bertz CT molecular complexity index is 309. The summed E-state index contributed by atoms with van der Waals surface area (Å²) >= 11 is 0. The van der Waals surface area contributed by atoms with Crippen LogP contribution < -0.4 is 0 Å². The maximum Gasteiger partial charge on any atom is 0.163 e. The molecule has 0 unspecified atom stereocenters. The Balaban J connectivity index is 3.08. The second kappa shape index (κ2) is 4.83. The number of hydrogen-bond donors (Lipinski definition) is 2. The van der Waals surface area contributed by atoms with Crippen molar-refractivity contribution in [1.82, 2.24) is 0 Å². The molecule has 78 valence electrons. The lowest BCUT2D eigenvalue weighted by Crippen LogP contribution is -1.98. The minimum Gasteiger partial charge on any atom is -0.504 e. The highest BCUT2D eigenvalue weighted by molar-refractivity contribution is 5.48. The summed E-state index contributed by atoms with van der Waals surface area (Å²) in [5.41, 5.74) is 1.37. The second-order valence-corrected chi connectivity index (χ2v) is 2.94. The fourth-order valence-electron chi connectivity index (χ4n) is 1.26. The minimum absolute atomic E-state index is 0.138. The van der Waals surface area contributed by atoms with E-state index in [-0.39, 0.29) is 18.1 Å². The van der Waals surface area contributed by atoms with Crippen LogP contribution in [0.5, 0.6) is 11.5 Å². The maximum absolute atomic E-state index is 9.55. The van der Waals surface area contributed by atoms with Gasteiger partial charge in [-0.1, -0.05) is 6.07 Å². The smallest absolute Gasteiger partial charge is 0.163 e. The average molecular weight is 198 g/mol. The molecule has 14 heavy (non-hydrogen) atoms. The van der Waals surface area contributed by atoms with Gasteiger partial charge in [0.15, 0.2) is 11.5 Å².